The maximum absolute atomic E-state index is 14.5. The van der Waals surface area contributed by atoms with Crippen molar-refractivity contribution in [3.63, 3.8) is 0 Å². The van der Waals surface area contributed by atoms with Crippen LogP contribution in [0.1, 0.15) is 0 Å². The third-order valence-electron chi connectivity index (χ3n) is 10.7. The molecule has 3 heterocycles. The zero-order chi connectivity index (χ0) is 38.6. The van der Waals surface area contributed by atoms with E-state index in [1.165, 1.54) is 18.3 Å². The summed E-state index contributed by atoms with van der Waals surface area (Å²) in [5.74, 6) is 1.11. The van der Waals surface area contributed by atoms with Gasteiger partial charge in [0.05, 0.1) is 16.5 Å². The molecule has 0 aliphatic carbocycles. The van der Waals surface area contributed by atoms with Crippen molar-refractivity contribution in [3.05, 3.63) is 206 Å². The predicted octanol–water partition coefficient (Wildman–Crippen LogP) is 13.1. The molecule has 1 aliphatic heterocycles. The van der Waals surface area contributed by atoms with Crippen molar-refractivity contribution >= 4 is 61.3 Å². The van der Waals surface area contributed by atoms with Crippen molar-refractivity contribution in [3.8, 4) is 39.6 Å². The van der Waals surface area contributed by atoms with Crippen LogP contribution in [0.4, 0.5) is 27.1 Å². The Hall–Kier alpha value is -7.26. The van der Waals surface area contributed by atoms with E-state index in [2.05, 4.69) is 135 Å². The Labute approximate surface area is 353 Å². The first kappa shape index (κ1) is 36.1. The standard InChI is InChI=1S/C52H31FN4O.Pd/c53-38-29-30-54-50(31-38)57-47-24-10-9-21-45(47)46-27-26-41(33-49(46)57)58-40-19-11-18-39(32-40)55-34-56(52-44-20-8-7-17-37(44)25-28-48(52)55)51-42(35-13-3-1-4-14-35)22-12-23-43(51)36-15-5-2-6-16-36;/h1-31H;/q;+2. The average molecular weight is 853 g/mol. The number of hydrogen-bond donors (Lipinski definition) is 0. The number of pyridine rings is 1. The normalized spacial score (nSPS) is 11.9. The van der Waals surface area contributed by atoms with Crippen LogP contribution in [0, 0.1) is 17.9 Å². The molecule has 0 amide bonds. The first-order valence-corrected chi connectivity index (χ1v) is 19.1. The van der Waals surface area contributed by atoms with Crippen molar-refractivity contribution in [2.45, 2.75) is 0 Å². The van der Waals surface area contributed by atoms with Crippen LogP contribution < -0.4 is 13.9 Å². The summed E-state index contributed by atoms with van der Waals surface area (Å²) in [6.07, 6.45) is 1.48. The predicted molar refractivity (Wildman–Crippen MR) is 232 cm³/mol. The van der Waals surface area contributed by atoms with Crippen LogP contribution in [0.15, 0.2) is 188 Å². The number of fused-ring (bicyclic) bond motifs is 6. The molecular weight excluding hydrogens is 822 g/mol. The summed E-state index contributed by atoms with van der Waals surface area (Å²) in [6, 6.07) is 71.7. The quantitative estimate of drug-likeness (QED) is 0.0909. The fraction of sp³-hybridized carbons (Fsp3) is 0. The van der Waals surface area contributed by atoms with Crippen LogP contribution in [0.3, 0.4) is 0 Å². The second kappa shape index (κ2) is 14.9. The van der Waals surface area contributed by atoms with Crippen molar-refractivity contribution in [2.75, 3.05) is 0 Å². The minimum Gasteiger partial charge on any atom is -0.509 e. The van der Waals surface area contributed by atoms with E-state index in [1.54, 1.807) is 0 Å². The molecule has 0 saturated heterocycles. The summed E-state index contributed by atoms with van der Waals surface area (Å²) < 4.78 is 27.2. The number of rotatable bonds is 7. The van der Waals surface area contributed by atoms with Gasteiger partial charge in [0.25, 0.3) is 5.69 Å². The van der Waals surface area contributed by atoms with Gasteiger partial charge in [-0.25, -0.2) is 9.37 Å². The van der Waals surface area contributed by atoms with Gasteiger partial charge >= 0.3 is 32.1 Å². The Morgan fingerprint density at radius 3 is 2.00 bits per heavy atom. The second-order valence-corrected chi connectivity index (χ2v) is 14.1. The number of nitrogens with zero attached hydrogens (tertiary/aromatic N) is 4. The van der Waals surface area contributed by atoms with Crippen LogP contribution in [0.5, 0.6) is 11.5 Å². The summed E-state index contributed by atoms with van der Waals surface area (Å²) in [5, 5.41) is 4.21. The topological polar surface area (TPSA) is 33.1 Å². The number of ether oxygens (including phenoxy) is 1. The molecule has 0 atom stereocenters. The van der Waals surface area contributed by atoms with Crippen LogP contribution in [-0.2, 0) is 20.4 Å². The third-order valence-corrected chi connectivity index (χ3v) is 10.7. The fourth-order valence-corrected chi connectivity index (χ4v) is 8.13. The molecule has 280 valence electrons. The Balaban J connectivity index is 0.00000420. The van der Waals surface area contributed by atoms with Crippen molar-refractivity contribution in [1.82, 2.24) is 18.7 Å². The molecule has 0 bridgehead atoms. The summed E-state index contributed by atoms with van der Waals surface area (Å²) in [6.45, 7) is 0. The molecule has 1 aliphatic rings. The summed E-state index contributed by atoms with van der Waals surface area (Å²) in [7, 11) is 0. The molecule has 5 nitrogen and oxygen atoms in total. The van der Waals surface area contributed by atoms with Gasteiger partial charge in [-0.05, 0) is 62.9 Å². The van der Waals surface area contributed by atoms with E-state index in [9.17, 15) is 4.39 Å². The molecule has 59 heavy (non-hydrogen) atoms. The summed E-state index contributed by atoms with van der Waals surface area (Å²) in [5.41, 5.74) is 9.81. The van der Waals surface area contributed by atoms with Gasteiger partial charge in [-0.15, -0.1) is 23.6 Å². The smallest absolute Gasteiger partial charge is 0.509 e. The Morgan fingerprint density at radius 2 is 1.24 bits per heavy atom. The van der Waals surface area contributed by atoms with Crippen LogP contribution >= 0.6 is 0 Å². The van der Waals surface area contributed by atoms with Gasteiger partial charge < -0.3 is 9.30 Å². The average Bonchev–Trinajstić information content (AvgIpc) is 3.83. The van der Waals surface area contributed by atoms with Gasteiger partial charge in [-0.1, -0.05) is 125 Å². The van der Waals surface area contributed by atoms with E-state index in [4.69, 9.17) is 4.74 Å². The number of hydrogen-bond acceptors (Lipinski definition) is 2. The fourth-order valence-electron chi connectivity index (χ4n) is 8.13. The second-order valence-electron chi connectivity index (χ2n) is 14.1. The first-order chi connectivity index (χ1) is 28.7. The molecule has 11 rings (SSSR count). The van der Waals surface area contributed by atoms with Crippen molar-refractivity contribution in [1.29, 1.82) is 0 Å². The van der Waals surface area contributed by atoms with Crippen LogP contribution in [0.25, 0.3) is 60.6 Å². The van der Waals surface area contributed by atoms with Gasteiger partial charge in [-0.3, -0.25) is 0 Å². The van der Waals surface area contributed by atoms with E-state index in [0.29, 0.717) is 17.3 Å². The van der Waals surface area contributed by atoms with Crippen molar-refractivity contribution < 1.29 is 29.6 Å². The van der Waals surface area contributed by atoms with E-state index < -0.39 is 0 Å². The zero-order valence-corrected chi connectivity index (χ0v) is 32.8. The minimum absolute atomic E-state index is 0. The van der Waals surface area contributed by atoms with Gasteiger partial charge in [0.2, 0.25) is 5.69 Å². The molecule has 0 saturated carbocycles. The van der Waals surface area contributed by atoms with E-state index in [0.717, 1.165) is 77.6 Å². The Kier molecular flexibility index (Phi) is 9.13. The number of halogens is 1. The molecule has 7 heteroatoms. The van der Waals surface area contributed by atoms with Gasteiger partial charge in [0.1, 0.15) is 17.3 Å². The van der Waals surface area contributed by atoms with Crippen molar-refractivity contribution in [2.24, 2.45) is 0 Å². The Morgan fingerprint density at radius 1 is 0.559 bits per heavy atom. The maximum atomic E-state index is 14.5. The monoisotopic (exact) mass is 852 g/mol. The third kappa shape index (κ3) is 6.26. The van der Waals surface area contributed by atoms with E-state index in [-0.39, 0.29) is 26.2 Å². The molecule has 0 spiro atoms. The molecule has 10 aromatic rings. The van der Waals surface area contributed by atoms with Crippen LogP contribution in [0.2, 0.25) is 0 Å². The largest absolute Gasteiger partial charge is 2.00 e. The molecule has 0 N–H and O–H groups in total. The molecule has 0 fully saturated rings. The minimum atomic E-state index is -0.363. The molecule has 0 radical (unpaired) electrons. The SMILES string of the molecule is Fc1ccnc(-n2c3[c-]c(Oc4[c-]c([N+]5=C=[N+](c6c(-c7ccccc7)cccc6-c6ccccc6)c6c5ccc5ccccc65)ccc4)ccc3c3ccccc32)c1.[Pd+2]. The Bertz CT molecular complexity index is 3260. The maximum Gasteiger partial charge on any atom is 2.00 e. The summed E-state index contributed by atoms with van der Waals surface area (Å²) in [4.78, 5) is 4.50. The zero-order valence-electron chi connectivity index (χ0n) is 31.3. The first-order valence-electron chi connectivity index (χ1n) is 19.1. The summed E-state index contributed by atoms with van der Waals surface area (Å²) >= 11 is 0. The molecule has 0 unspecified atom stereocenters. The number of aromatic nitrogens is 2. The van der Waals surface area contributed by atoms with Gasteiger partial charge in [-0.2, -0.15) is 12.1 Å². The molecule has 2 aromatic heterocycles. The number of benzene rings is 8. The van der Waals surface area contributed by atoms with E-state index in [1.807, 2.05) is 71.3 Å². The molecular formula is C52H31FN4OPd+2. The van der Waals surface area contributed by atoms with Gasteiger partial charge in [0, 0.05) is 35.3 Å². The van der Waals surface area contributed by atoms with E-state index >= 15 is 0 Å². The molecule has 8 aromatic carbocycles. The number of para-hydroxylation sites is 2. The van der Waals surface area contributed by atoms with Crippen LogP contribution in [-0.4, -0.2) is 15.6 Å². The van der Waals surface area contributed by atoms with Gasteiger partial charge in [0.15, 0.2) is 0 Å².